The fourth-order valence-electron chi connectivity index (χ4n) is 5.11. The van der Waals surface area contributed by atoms with Crippen LogP contribution in [-0.2, 0) is 24.4 Å². The van der Waals surface area contributed by atoms with E-state index in [2.05, 4.69) is 24.8 Å². The summed E-state index contributed by atoms with van der Waals surface area (Å²) in [6, 6.07) is 6.96. The Bertz CT molecular complexity index is 1700. The molecule has 4 aromatic rings. The molecule has 2 saturated heterocycles. The van der Waals surface area contributed by atoms with Crippen LogP contribution < -0.4 is 9.47 Å². The summed E-state index contributed by atoms with van der Waals surface area (Å²) in [6.45, 7) is 2.87. The molecule has 12 nitrogen and oxygen atoms in total. The first kappa shape index (κ1) is 28.4. The minimum absolute atomic E-state index is 0.0191. The van der Waals surface area contributed by atoms with Crippen molar-refractivity contribution in [1.29, 1.82) is 5.26 Å². The summed E-state index contributed by atoms with van der Waals surface area (Å²) in [4.78, 5) is 30.6. The van der Waals surface area contributed by atoms with Crippen LogP contribution in [0.15, 0.2) is 36.7 Å². The van der Waals surface area contributed by atoms with Crippen LogP contribution in [0.1, 0.15) is 46.8 Å². The van der Waals surface area contributed by atoms with E-state index in [1.165, 1.54) is 18.5 Å². The molecule has 6 rings (SSSR count). The van der Waals surface area contributed by atoms with E-state index < -0.39 is 17.6 Å². The lowest BCUT2D eigenvalue weighted by atomic mass is 10.1. The molecule has 43 heavy (non-hydrogen) atoms. The maximum atomic E-state index is 14.8. The summed E-state index contributed by atoms with van der Waals surface area (Å²) in [5, 5.41) is 18.3. The highest BCUT2D eigenvalue weighted by Gasteiger charge is 2.27. The highest BCUT2D eigenvalue weighted by Crippen LogP contribution is 2.27. The lowest BCUT2D eigenvalue weighted by Crippen LogP contribution is -2.39. The third kappa shape index (κ3) is 6.37. The Balaban J connectivity index is 1.07. The van der Waals surface area contributed by atoms with Crippen LogP contribution in [-0.4, -0.2) is 72.4 Å². The number of hydrogen-bond donors (Lipinski definition) is 1. The number of ether oxygens (including phenoxy) is 3. The van der Waals surface area contributed by atoms with Gasteiger partial charge in [-0.1, -0.05) is 0 Å². The molecule has 0 radical (unpaired) electrons. The molecule has 0 amide bonds. The first-order chi connectivity index (χ1) is 20.9. The molecular formula is C29H27F2N7O5. The van der Waals surface area contributed by atoms with Crippen molar-refractivity contribution < 1.29 is 32.9 Å². The Kier molecular flexibility index (Phi) is 8.08. The number of imidazole rings is 1. The molecule has 0 spiro atoms. The molecule has 0 unspecified atom stereocenters. The lowest BCUT2D eigenvalue weighted by Gasteiger charge is -2.32. The maximum Gasteiger partial charge on any atom is 0.335 e. The van der Waals surface area contributed by atoms with E-state index in [0.29, 0.717) is 62.8 Å². The van der Waals surface area contributed by atoms with Gasteiger partial charge in [0.1, 0.15) is 30.1 Å². The monoisotopic (exact) mass is 591 g/mol. The Labute approximate surface area is 244 Å². The van der Waals surface area contributed by atoms with Gasteiger partial charge in [-0.05, 0) is 37.5 Å². The summed E-state index contributed by atoms with van der Waals surface area (Å²) in [5.41, 5.74) is 0.566. The van der Waals surface area contributed by atoms with Crippen molar-refractivity contribution in [3.63, 3.8) is 0 Å². The largest absolute Gasteiger partial charge is 0.478 e. The minimum atomic E-state index is -1.20. The highest BCUT2D eigenvalue weighted by molar-refractivity contribution is 5.92. The Morgan fingerprint density at radius 1 is 1.14 bits per heavy atom. The van der Waals surface area contributed by atoms with Gasteiger partial charge in [0.05, 0.1) is 35.8 Å². The number of nitriles is 1. The zero-order valence-electron chi connectivity index (χ0n) is 22.9. The Morgan fingerprint density at radius 3 is 2.65 bits per heavy atom. The second-order valence-corrected chi connectivity index (χ2v) is 10.4. The number of fused-ring (bicyclic) bond motifs is 1. The van der Waals surface area contributed by atoms with Crippen LogP contribution in [0.4, 0.5) is 8.78 Å². The predicted molar refractivity (Wildman–Crippen MR) is 145 cm³/mol. The maximum absolute atomic E-state index is 14.8. The molecule has 5 heterocycles. The van der Waals surface area contributed by atoms with Gasteiger partial charge in [-0.25, -0.2) is 28.5 Å². The third-order valence-corrected chi connectivity index (χ3v) is 7.45. The van der Waals surface area contributed by atoms with Gasteiger partial charge >= 0.3 is 5.97 Å². The van der Waals surface area contributed by atoms with E-state index >= 15 is 0 Å². The van der Waals surface area contributed by atoms with Gasteiger partial charge in [0.25, 0.3) is 5.88 Å². The van der Waals surface area contributed by atoms with Gasteiger partial charge in [0.2, 0.25) is 5.88 Å². The highest BCUT2D eigenvalue weighted by atomic mass is 19.1. The van der Waals surface area contributed by atoms with Gasteiger partial charge in [-0.3, -0.25) is 4.90 Å². The summed E-state index contributed by atoms with van der Waals surface area (Å²) in [6.07, 6.45) is 4.92. The average Bonchev–Trinajstić information content (AvgIpc) is 3.32. The molecule has 1 aromatic carbocycles. The van der Waals surface area contributed by atoms with Crippen molar-refractivity contribution in [2.24, 2.45) is 0 Å². The number of carbonyl (C=O) groups is 1. The van der Waals surface area contributed by atoms with Crippen molar-refractivity contribution in [2.75, 3.05) is 19.7 Å². The number of carboxylic acid groups (broad SMARTS) is 1. The fourth-order valence-corrected chi connectivity index (χ4v) is 5.11. The quantitative estimate of drug-likeness (QED) is 0.289. The molecule has 14 heteroatoms. The minimum Gasteiger partial charge on any atom is -0.478 e. The smallest absolute Gasteiger partial charge is 0.335 e. The number of piperidine rings is 1. The molecule has 1 N–H and O–H groups in total. The molecular weight excluding hydrogens is 564 g/mol. The van der Waals surface area contributed by atoms with Crippen molar-refractivity contribution >= 4 is 17.0 Å². The second kappa shape index (κ2) is 12.2. The van der Waals surface area contributed by atoms with Gasteiger partial charge in [0, 0.05) is 38.2 Å². The number of pyridine rings is 1. The number of rotatable bonds is 10. The molecule has 2 aliphatic rings. The van der Waals surface area contributed by atoms with Gasteiger partial charge in [-0.15, -0.1) is 0 Å². The summed E-state index contributed by atoms with van der Waals surface area (Å²) in [7, 11) is 0. The van der Waals surface area contributed by atoms with Crippen molar-refractivity contribution in [3.8, 4) is 17.8 Å². The van der Waals surface area contributed by atoms with E-state index in [1.54, 1.807) is 6.07 Å². The number of nitrogens with zero attached hydrogens (tertiary/aromatic N) is 7. The standard InChI is InChI=1S/C29H27F2N7O5/c30-21-10-18(29(39)40)11-23-27(21)36-25(38(23)14-20-4-8-41-20)15-37-6-2-19(3-7-37)43-26-1-5-33-24(35-26)16-42-28-22(31)9-17(12-32)13-34-28/h1,5,9-11,13,19-20H,2-4,6-8,14-16H2,(H,39,40)/t20-/m0/s1. The third-order valence-electron chi connectivity index (χ3n) is 7.45. The molecule has 0 saturated carbocycles. The van der Waals surface area contributed by atoms with Crippen LogP contribution >= 0.6 is 0 Å². The predicted octanol–water partition coefficient (Wildman–Crippen LogP) is 3.48. The van der Waals surface area contributed by atoms with E-state index in [0.717, 1.165) is 18.6 Å². The number of halogens is 2. The second-order valence-electron chi connectivity index (χ2n) is 10.4. The molecule has 2 aliphatic heterocycles. The zero-order valence-corrected chi connectivity index (χ0v) is 22.9. The van der Waals surface area contributed by atoms with Crippen molar-refractivity contribution in [1.82, 2.24) is 29.4 Å². The molecule has 1 atom stereocenters. The van der Waals surface area contributed by atoms with Gasteiger partial charge in [0.15, 0.2) is 17.5 Å². The average molecular weight is 592 g/mol. The number of benzene rings is 1. The first-order valence-corrected chi connectivity index (χ1v) is 13.8. The molecule has 2 fully saturated rings. The SMILES string of the molecule is N#Cc1cnc(OCc2nccc(OC3CCN(Cc4nc5c(F)cc(C(=O)O)cc5n4C[C@@H]4CCO4)CC3)n2)c(F)c1. The summed E-state index contributed by atoms with van der Waals surface area (Å²) < 4.78 is 47.8. The molecule has 222 valence electrons. The van der Waals surface area contributed by atoms with Crippen LogP contribution in [0.2, 0.25) is 0 Å². The first-order valence-electron chi connectivity index (χ1n) is 13.8. The normalized spacial score (nSPS) is 17.4. The summed E-state index contributed by atoms with van der Waals surface area (Å²) in [5.74, 6) is -1.55. The number of carboxylic acids is 1. The molecule has 0 aliphatic carbocycles. The van der Waals surface area contributed by atoms with Crippen LogP contribution in [0.5, 0.6) is 11.8 Å². The van der Waals surface area contributed by atoms with Crippen LogP contribution in [0.3, 0.4) is 0 Å². The van der Waals surface area contributed by atoms with E-state index in [1.807, 2.05) is 10.6 Å². The number of aromatic nitrogens is 5. The number of likely N-dealkylation sites (tertiary alicyclic amines) is 1. The van der Waals surface area contributed by atoms with Crippen LogP contribution in [0.25, 0.3) is 11.0 Å². The zero-order chi connectivity index (χ0) is 29.9. The lowest BCUT2D eigenvalue weighted by molar-refractivity contribution is -0.0592. The van der Waals surface area contributed by atoms with Crippen LogP contribution in [0, 0.1) is 23.0 Å². The van der Waals surface area contributed by atoms with Gasteiger partial charge < -0.3 is 23.9 Å². The van der Waals surface area contributed by atoms with Crippen molar-refractivity contribution in [3.05, 3.63) is 71.1 Å². The Hall–Kier alpha value is -4.74. The van der Waals surface area contributed by atoms with E-state index in [9.17, 15) is 18.7 Å². The van der Waals surface area contributed by atoms with Gasteiger partial charge in [-0.2, -0.15) is 10.2 Å². The molecule has 0 bridgehead atoms. The van der Waals surface area contributed by atoms with E-state index in [-0.39, 0.29) is 47.2 Å². The fraction of sp³-hybridized carbons (Fsp3) is 0.379. The van der Waals surface area contributed by atoms with Crippen molar-refractivity contribution in [2.45, 2.75) is 51.2 Å². The Morgan fingerprint density at radius 2 is 1.95 bits per heavy atom. The number of hydrogen-bond acceptors (Lipinski definition) is 10. The topological polar surface area (TPSA) is 149 Å². The summed E-state index contributed by atoms with van der Waals surface area (Å²) >= 11 is 0. The van der Waals surface area contributed by atoms with E-state index in [4.69, 9.17) is 19.5 Å². The molecule has 3 aromatic heterocycles. The number of aromatic carboxylic acids is 1.